The Morgan fingerprint density at radius 2 is 2.10 bits per heavy atom. The monoisotopic (exact) mass is 416 g/mol. The molecule has 0 saturated carbocycles. The molecule has 0 aliphatic carbocycles. The second-order valence-corrected chi connectivity index (χ2v) is 7.45. The number of nitriles is 1. The van der Waals surface area contributed by atoms with E-state index in [0.29, 0.717) is 47.0 Å². The molecule has 1 fully saturated rings. The van der Waals surface area contributed by atoms with Crippen LogP contribution in [0.25, 0.3) is 0 Å². The van der Waals surface area contributed by atoms with Crippen LogP contribution in [0.1, 0.15) is 44.3 Å². The van der Waals surface area contributed by atoms with Gasteiger partial charge >= 0.3 is 0 Å². The van der Waals surface area contributed by atoms with Gasteiger partial charge in [0.15, 0.2) is 0 Å². The van der Waals surface area contributed by atoms with Gasteiger partial charge in [0.05, 0.1) is 42.1 Å². The van der Waals surface area contributed by atoms with Gasteiger partial charge < -0.3 is 15.8 Å². The number of aromatic nitrogens is 3. The Hall–Kier alpha value is -4.03. The lowest BCUT2D eigenvalue weighted by atomic mass is 10.0. The van der Waals surface area contributed by atoms with Gasteiger partial charge in [0, 0.05) is 23.8 Å². The van der Waals surface area contributed by atoms with E-state index in [4.69, 9.17) is 21.1 Å². The Labute approximate surface area is 179 Å². The van der Waals surface area contributed by atoms with Crippen LogP contribution in [-0.2, 0) is 4.74 Å². The zero-order valence-corrected chi connectivity index (χ0v) is 17.2. The average molecular weight is 416 g/mol. The zero-order valence-electron chi connectivity index (χ0n) is 17.2. The fourth-order valence-electron chi connectivity index (χ4n) is 3.31. The largest absolute Gasteiger partial charge is 0.398 e. The maximum atomic E-state index is 12.8. The van der Waals surface area contributed by atoms with Crippen molar-refractivity contribution in [2.45, 2.75) is 19.9 Å². The lowest BCUT2D eigenvalue weighted by Crippen LogP contribution is -2.41. The molecule has 9 nitrogen and oxygen atoms in total. The molecule has 0 radical (unpaired) electrons. The lowest BCUT2D eigenvalue weighted by molar-refractivity contribution is -0.111. The number of amides is 1. The number of carbonyl (C=O) groups excluding carboxylic acids is 1. The first kappa shape index (κ1) is 20.3. The van der Waals surface area contributed by atoms with Crippen molar-refractivity contribution >= 4 is 23.0 Å². The number of hydrogen-bond donors (Lipinski definition) is 3. The molecule has 0 spiro atoms. The summed E-state index contributed by atoms with van der Waals surface area (Å²) in [4.78, 5) is 16.9. The van der Waals surface area contributed by atoms with Crippen LogP contribution < -0.4 is 16.5 Å². The van der Waals surface area contributed by atoms with Crippen LogP contribution in [0.4, 0.5) is 11.4 Å². The van der Waals surface area contributed by atoms with Crippen LogP contribution in [0.3, 0.4) is 0 Å². The van der Waals surface area contributed by atoms with E-state index >= 15 is 0 Å². The molecular weight excluding hydrogens is 394 g/mol. The third-order valence-electron chi connectivity index (χ3n) is 5.49. The van der Waals surface area contributed by atoms with E-state index in [-0.39, 0.29) is 17.6 Å². The minimum Gasteiger partial charge on any atom is -0.398 e. The van der Waals surface area contributed by atoms with Crippen molar-refractivity contribution in [1.82, 2.24) is 14.8 Å². The molecule has 156 valence electrons. The number of nitrogens with zero attached hydrogens (tertiary/aromatic N) is 4. The summed E-state index contributed by atoms with van der Waals surface area (Å²) in [5.41, 5.74) is 11.0. The van der Waals surface area contributed by atoms with Crippen LogP contribution in [0.15, 0.2) is 36.8 Å². The van der Waals surface area contributed by atoms with Gasteiger partial charge in [0.25, 0.3) is 5.91 Å². The average Bonchev–Trinajstić information content (AvgIpc) is 3.19. The lowest BCUT2D eigenvalue weighted by Gasteiger charge is -2.25. The number of carbonyl (C=O) groups is 1. The maximum absolute atomic E-state index is 12.8. The van der Waals surface area contributed by atoms with Gasteiger partial charge in [-0.15, -0.1) is 0 Å². The second kappa shape index (κ2) is 8.01. The number of nitrogen functional groups attached to an aromatic ring is 1. The van der Waals surface area contributed by atoms with E-state index in [1.807, 2.05) is 10.9 Å². The second-order valence-electron chi connectivity index (χ2n) is 7.45. The third-order valence-corrected chi connectivity index (χ3v) is 5.49. The van der Waals surface area contributed by atoms with E-state index < -0.39 is 0 Å². The molecule has 1 aliphatic heterocycles. The van der Waals surface area contributed by atoms with Crippen molar-refractivity contribution in [3.8, 4) is 6.07 Å². The summed E-state index contributed by atoms with van der Waals surface area (Å²) in [7, 11) is 0. The van der Waals surface area contributed by atoms with E-state index in [1.165, 1.54) is 6.20 Å². The molecular formula is C22H22N7O2+. The molecule has 3 aromatic rings. The molecule has 4 rings (SSSR count). The van der Waals surface area contributed by atoms with Gasteiger partial charge in [-0.2, -0.15) is 10.4 Å². The Morgan fingerprint density at radius 1 is 1.32 bits per heavy atom. The van der Waals surface area contributed by atoms with Crippen molar-refractivity contribution in [3.05, 3.63) is 70.3 Å². The highest BCUT2D eigenvalue weighted by atomic mass is 16.5. The van der Waals surface area contributed by atoms with Crippen molar-refractivity contribution in [1.29, 1.82) is 5.26 Å². The van der Waals surface area contributed by atoms with Crippen LogP contribution in [0, 0.1) is 25.2 Å². The number of benzene rings is 1. The molecule has 5 N–H and O–H groups in total. The summed E-state index contributed by atoms with van der Waals surface area (Å²) in [5, 5.41) is 22.7. The number of hydrogen-bond acceptors (Lipinski definition) is 6. The maximum Gasteiger partial charge on any atom is 0.274 e. The number of nitrogens with one attached hydrogen (secondary N) is 1. The van der Waals surface area contributed by atoms with Gasteiger partial charge in [0.2, 0.25) is 5.71 Å². The van der Waals surface area contributed by atoms with E-state index in [0.717, 1.165) is 11.1 Å². The fraction of sp³-hybridized carbons (Fsp3) is 0.227. The number of anilines is 2. The summed E-state index contributed by atoms with van der Waals surface area (Å²) in [6, 6.07) is 7.40. The van der Waals surface area contributed by atoms with Crippen molar-refractivity contribution < 1.29 is 14.9 Å². The zero-order chi connectivity index (χ0) is 22.1. The molecule has 2 aromatic heterocycles. The minimum absolute atomic E-state index is 0.219. The predicted octanol–water partition coefficient (Wildman–Crippen LogP) is 0.769. The summed E-state index contributed by atoms with van der Waals surface area (Å²) < 4.78 is 7.03. The SMILES string of the molecule is Cc1c(C#N)cnc(C(=O)Nc2ccc(N)c(C(=[NH2+])c3cnn(C4COC4)c3)c2)c1C. The third kappa shape index (κ3) is 3.76. The van der Waals surface area contributed by atoms with Crippen molar-refractivity contribution in [2.75, 3.05) is 24.3 Å². The van der Waals surface area contributed by atoms with Gasteiger partial charge in [-0.25, -0.2) is 4.98 Å². The molecule has 31 heavy (non-hydrogen) atoms. The first-order chi connectivity index (χ1) is 14.9. The molecule has 0 bridgehead atoms. The summed E-state index contributed by atoms with van der Waals surface area (Å²) >= 11 is 0. The smallest absolute Gasteiger partial charge is 0.274 e. The van der Waals surface area contributed by atoms with E-state index in [9.17, 15) is 4.79 Å². The van der Waals surface area contributed by atoms with E-state index in [1.54, 1.807) is 38.2 Å². The molecule has 0 atom stereocenters. The molecule has 3 heterocycles. The highest BCUT2D eigenvalue weighted by Crippen LogP contribution is 2.23. The highest BCUT2D eigenvalue weighted by molar-refractivity contribution is 6.13. The summed E-state index contributed by atoms with van der Waals surface area (Å²) in [6.45, 7) is 4.82. The number of ether oxygens (including phenoxy) is 1. The van der Waals surface area contributed by atoms with Gasteiger partial charge in [0.1, 0.15) is 11.8 Å². The van der Waals surface area contributed by atoms with Crippen molar-refractivity contribution in [2.24, 2.45) is 0 Å². The van der Waals surface area contributed by atoms with Gasteiger partial charge in [-0.1, -0.05) is 0 Å². The molecule has 1 aliphatic rings. The number of rotatable bonds is 5. The Morgan fingerprint density at radius 3 is 2.77 bits per heavy atom. The number of nitrogens with two attached hydrogens (primary N) is 2. The van der Waals surface area contributed by atoms with Crippen molar-refractivity contribution in [3.63, 3.8) is 0 Å². The van der Waals surface area contributed by atoms with Crippen LogP contribution >= 0.6 is 0 Å². The summed E-state index contributed by atoms with van der Waals surface area (Å²) in [5.74, 6) is -0.378. The van der Waals surface area contributed by atoms with Crippen LogP contribution in [-0.4, -0.2) is 39.6 Å². The van der Waals surface area contributed by atoms with E-state index in [2.05, 4.69) is 21.5 Å². The Balaban J connectivity index is 1.57. The quantitative estimate of drug-likeness (QED) is 0.414. The predicted molar refractivity (Wildman–Crippen MR) is 114 cm³/mol. The normalized spacial score (nSPS) is 13.3. The molecule has 1 amide bonds. The molecule has 1 saturated heterocycles. The Bertz CT molecular complexity index is 1240. The Kier molecular flexibility index (Phi) is 5.23. The number of pyridine rings is 1. The molecule has 0 unspecified atom stereocenters. The fourth-order valence-corrected chi connectivity index (χ4v) is 3.31. The van der Waals surface area contributed by atoms with Gasteiger partial charge in [-0.05, 0) is 43.2 Å². The van der Waals surface area contributed by atoms with Gasteiger partial charge in [-0.3, -0.25) is 14.9 Å². The first-order valence-electron chi connectivity index (χ1n) is 9.71. The highest BCUT2D eigenvalue weighted by Gasteiger charge is 2.24. The van der Waals surface area contributed by atoms with Crippen LogP contribution in [0.2, 0.25) is 0 Å². The standard InChI is InChI=1S/C22H21N7O2/c1-12-13(2)21(26-7-14(12)6-23)22(30)28-16-3-4-19(24)18(5-16)20(25)15-8-27-29(9-15)17-10-31-11-17/h3-5,7-9,17,25H,10-11,24H2,1-2H3,(H,28,30)/p+1. The van der Waals surface area contributed by atoms with Crippen LogP contribution in [0.5, 0.6) is 0 Å². The molecule has 1 aromatic carbocycles. The topological polar surface area (TPSA) is 144 Å². The first-order valence-corrected chi connectivity index (χ1v) is 9.71. The summed E-state index contributed by atoms with van der Waals surface area (Å²) in [6.07, 6.45) is 4.95. The molecule has 9 heteroatoms. The minimum atomic E-state index is -0.378.